The Hall–Kier alpha value is -1.09. The van der Waals surface area contributed by atoms with Crippen LogP contribution in [-0.2, 0) is 12.0 Å². The Morgan fingerprint density at radius 3 is 2.55 bits per heavy atom. The van der Waals surface area contributed by atoms with Gasteiger partial charge in [-0.3, -0.25) is 0 Å². The van der Waals surface area contributed by atoms with E-state index in [2.05, 4.69) is 0 Å². The van der Waals surface area contributed by atoms with Crippen LogP contribution in [0.5, 0.6) is 0 Å². The lowest BCUT2D eigenvalue weighted by atomic mass is 9.86. The first-order valence-corrected chi connectivity index (χ1v) is 7.05. The summed E-state index contributed by atoms with van der Waals surface area (Å²) in [5, 5.41) is 0.994. The highest BCUT2D eigenvalue weighted by Gasteiger charge is 2.24. The van der Waals surface area contributed by atoms with Crippen LogP contribution in [0.1, 0.15) is 23.6 Å². The van der Waals surface area contributed by atoms with Crippen molar-refractivity contribution in [3.63, 3.8) is 0 Å². The van der Waals surface area contributed by atoms with Crippen molar-refractivity contribution in [3.05, 3.63) is 69.0 Å². The fraction of sp³-hybridized carbons (Fsp3) is 0.250. The Kier molecular flexibility index (Phi) is 4.38. The van der Waals surface area contributed by atoms with Crippen LogP contribution >= 0.6 is 23.2 Å². The van der Waals surface area contributed by atoms with Crippen LogP contribution in [0.3, 0.4) is 0 Å². The second kappa shape index (κ2) is 5.72. The molecule has 0 spiro atoms. The zero-order chi connectivity index (χ0) is 14.9. The van der Waals surface area contributed by atoms with Gasteiger partial charge in [-0.05, 0) is 49.1 Å². The van der Waals surface area contributed by atoms with Crippen LogP contribution in [-0.4, -0.2) is 0 Å². The van der Waals surface area contributed by atoms with E-state index in [-0.39, 0.29) is 5.82 Å². The second-order valence-corrected chi connectivity index (χ2v) is 6.06. The molecule has 0 radical (unpaired) electrons. The van der Waals surface area contributed by atoms with E-state index in [0.717, 1.165) is 11.1 Å². The molecule has 1 nitrogen and oxygen atoms in total. The topological polar surface area (TPSA) is 26.0 Å². The molecule has 2 rings (SSSR count). The number of aryl methyl sites for hydroxylation is 1. The summed E-state index contributed by atoms with van der Waals surface area (Å²) in [7, 11) is 0. The molecule has 0 heterocycles. The molecule has 1 atom stereocenters. The third-order valence-electron chi connectivity index (χ3n) is 3.42. The Morgan fingerprint density at radius 2 is 1.90 bits per heavy atom. The largest absolute Gasteiger partial charge is 0.321 e. The maximum atomic E-state index is 13.7. The highest BCUT2D eigenvalue weighted by molar-refractivity contribution is 6.42. The third kappa shape index (κ3) is 3.14. The van der Waals surface area contributed by atoms with Crippen LogP contribution in [0.4, 0.5) is 4.39 Å². The molecule has 106 valence electrons. The number of nitrogens with two attached hydrogens (primary N) is 1. The van der Waals surface area contributed by atoms with Gasteiger partial charge in [0.1, 0.15) is 5.82 Å². The molecule has 4 heteroatoms. The van der Waals surface area contributed by atoms with E-state index in [4.69, 9.17) is 28.9 Å². The fourth-order valence-corrected chi connectivity index (χ4v) is 2.52. The maximum Gasteiger partial charge on any atom is 0.126 e. The Labute approximate surface area is 128 Å². The van der Waals surface area contributed by atoms with Gasteiger partial charge in [-0.1, -0.05) is 47.5 Å². The van der Waals surface area contributed by atoms with E-state index >= 15 is 0 Å². The highest BCUT2D eigenvalue weighted by Crippen LogP contribution is 2.31. The maximum absolute atomic E-state index is 13.7. The van der Waals surface area contributed by atoms with Gasteiger partial charge in [0.05, 0.1) is 10.0 Å². The van der Waals surface area contributed by atoms with Gasteiger partial charge in [0.15, 0.2) is 0 Å². The number of halogens is 3. The Morgan fingerprint density at radius 1 is 1.20 bits per heavy atom. The predicted octanol–water partition coefficient (Wildman–Crippen LogP) is 4.86. The van der Waals surface area contributed by atoms with Gasteiger partial charge in [-0.25, -0.2) is 4.39 Å². The first kappa shape index (κ1) is 15.3. The van der Waals surface area contributed by atoms with E-state index in [1.807, 2.05) is 25.1 Å². The number of benzene rings is 2. The van der Waals surface area contributed by atoms with Crippen molar-refractivity contribution < 1.29 is 4.39 Å². The minimum atomic E-state index is -0.719. The molecule has 20 heavy (non-hydrogen) atoms. The van der Waals surface area contributed by atoms with Gasteiger partial charge in [0.25, 0.3) is 0 Å². The Balaban J connectivity index is 2.35. The molecule has 2 aromatic rings. The lowest BCUT2D eigenvalue weighted by molar-refractivity contribution is 0.486. The van der Waals surface area contributed by atoms with Crippen molar-refractivity contribution in [2.75, 3.05) is 0 Å². The van der Waals surface area contributed by atoms with Gasteiger partial charge in [0.2, 0.25) is 0 Å². The average molecular weight is 312 g/mol. The van der Waals surface area contributed by atoms with Crippen LogP contribution in [0, 0.1) is 12.7 Å². The third-order valence-corrected chi connectivity index (χ3v) is 4.28. The van der Waals surface area contributed by atoms with E-state index in [1.54, 1.807) is 19.1 Å². The van der Waals surface area contributed by atoms with Crippen LogP contribution in [0.25, 0.3) is 0 Å². The standard InChI is InChI=1S/C16H16Cl2FN/c1-10-6-7-12(8-14(10)19)16(2,20)9-11-4-3-5-13(17)15(11)18/h3-8H,9,20H2,1-2H3. The summed E-state index contributed by atoms with van der Waals surface area (Å²) in [4.78, 5) is 0. The first-order chi connectivity index (χ1) is 9.31. The summed E-state index contributed by atoms with van der Waals surface area (Å²) >= 11 is 12.2. The quantitative estimate of drug-likeness (QED) is 0.861. The summed E-state index contributed by atoms with van der Waals surface area (Å²) in [6, 6.07) is 10.5. The van der Waals surface area contributed by atoms with E-state index < -0.39 is 5.54 Å². The van der Waals surface area contributed by atoms with Gasteiger partial charge < -0.3 is 5.73 Å². The van der Waals surface area contributed by atoms with E-state index in [1.165, 1.54) is 6.07 Å². The monoisotopic (exact) mass is 311 g/mol. The van der Waals surface area contributed by atoms with Gasteiger partial charge >= 0.3 is 0 Å². The molecule has 0 saturated carbocycles. The molecule has 0 fully saturated rings. The molecular formula is C16H16Cl2FN. The zero-order valence-corrected chi connectivity index (χ0v) is 12.9. The molecule has 0 saturated heterocycles. The molecule has 0 aromatic heterocycles. The molecule has 0 bridgehead atoms. The van der Waals surface area contributed by atoms with E-state index in [0.29, 0.717) is 22.0 Å². The van der Waals surface area contributed by atoms with Crippen LogP contribution < -0.4 is 5.73 Å². The fourth-order valence-electron chi connectivity index (χ4n) is 2.13. The van der Waals surface area contributed by atoms with Crippen molar-refractivity contribution in [1.82, 2.24) is 0 Å². The van der Waals surface area contributed by atoms with E-state index in [9.17, 15) is 4.39 Å². The minimum Gasteiger partial charge on any atom is -0.321 e. The molecule has 2 N–H and O–H groups in total. The lowest BCUT2D eigenvalue weighted by Gasteiger charge is -2.26. The highest BCUT2D eigenvalue weighted by atomic mass is 35.5. The zero-order valence-electron chi connectivity index (χ0n) is 11.4. The number of rotatable bonds is 3. The van der Waals surface area contributed by atoms with Crippen molar-refractivity contribution in [1.29, 1.82) is 0 Å². The molecule has 0 aliphatic heterocycles. The summed E-state index contributed by atoms with van der Waals surface area (Å²) in [6.45, 7) is 3.58. The van der Waals surface area contributed by atoms with Crippen LogP contribution in [0.15, 0.2) is 36.4 Å². The van der Waals surface area contributed by atoms with Crippen molar-refractivity contribution >= 4 is 23.2 Å². The van der Waals surface area contributed by atoms with Crippen LogP contribution in [0.2, 0.25) is 10.0 Å². The summed E-state index contributed by atoms with van der Waals surface area (Å²) in [5.74, 6) is -0.253. The average Bonchev–Trinajstić information content (AvgIpc) is 2.38. The summed E-state index contributed by atoms with van der Waals surface area (Å²) in [5.41, 5.74) is 7.81. The Bertz CT molecular complexity index is 638. The lowest BCUT2D eigenvalue weighted by Crippen LogP contribution is -2.35. The van der Waals surface area contributed by atoms with Crippen molar-refractivity contribution in [2.45, 2.75) is 25.8 Å². The molecule has 0 amide bonds. The molecule has 0 aliphatic rings. The molecule has 2 aromatic carbocycles. The smallest absolute Gasteiger partial charge is 0.126 e. The SMILES string of the molecule is Cc1ccc(C(C)(N)Cc2cccc(Cl)c2Cl)cc1F. The number of hydrogen-bond acceptors (Lipinski definition) is 1. The normalized spacial score (nSPS) is 14.1. The van der Waals surface area contributed by atoms with Crippen molar-refractivity contribution in [3.8, 4) is 0 Å². The molecule has 1 unspecified atom stereocenters. The van der Waals surface area contributed by atoms with Gasteiger partial charge in [0, 0.05) is 5.54 Å². The predicted molar refractivity (Wildman–Crippen MR) is 82.8 cm³/mol. The summed E-state index contributed by atoms with van der Waals surface area (Å²) < 4.78 is 13.7. The second-order valence-electron chi connectivity index (χ2n) is 5.27. The molecule has 0 aliphatic carbocycles. The first-order valence-electron chi connectivity index (χ1n) is 6.29. The minimum absolute atomic E-state index is 0.253. The number of hydrogen-bond donors (Lipinski definition) is 1. The molecular weight excluding hydrogens is 296 g/mol. The van der Waals surface area contributed by atoms with Gasteiger partial charge in [-0.2, -0.15) is 0 Å². The summed E-state index contributed by atoms with van der Waals surface area (Å²) in [6.07, 6.45) is 0.481. The van der Waals surface area contributed by atoms with Gasteiger partial charge in [-0.15, -0.1) is 0 Å². The van der Waals surface area contributed by atoms with Crippen molar-refractivity contribution in [2.24, 2.45) is 5.73 Å².